The molecule has 1 fully saturated rings. The maximum absolute atomic E-state index is 8.22. The number of hydrogen-bond donors (Lipinski definition) is 2. The SMILES string of the molecule is [2H]C1([2H])CC(c2c[nH]c3cccc(OCc4ccccc4)c23)C([2H])([2H])N1. The molecule has 0 amide bonds. The first-order valence-corrected chi connectivity index (χ1v) is 7.42. The van der Waals surface area contributed by atoms with E-state index in [0.717, 1.165) is 22.0 Å². The van der Waals surface area contributed by atoms with Gasteiger partial charge in [-0.1, -0.05) is 36.4 Å². The highest BCUT2D eigenvalue weighted by Crippen LogP contribution is 2.35. The summed E-state index contributed by atoms with van der Waals surface area (Å²) in [6.07, 6.45) is 1.84. The number of nitrogens with one attached hydrogen (secondary N) is 2. The Balaban J connectivity index is 1.71. The van der Waals surface area contributed by atoms with E-state index >= 15 is 0 Å². The van der Waals surface area contributed by atoms with E-state index in [1.165, 1.54) is 0 Å². The van der Waals surface area contributed by atoms with Crippen LogP contribution in [0.5, 0.6) is 5.75 Å². The summed E-state index contributed by atoms with van der Waals surface area (Å²) in [4.78, 5) is 3.17. The minimum Gasteiger partial charge on any atom is -0.488 e. The number of fused-ring (bicyclic) bond motifs is 1. The van der Waals surface area contributed by atoms with Crippen molar-refractivity contribution < 1.29 is 10.2 Å². The average Bonchev–Trinajstić information content (AvgIpc) is 3.11. The number of H-pyrrole nitrogens is 1. The second-order valence-corrected chi connectivity index (χ2v) is 5.40. The molecule has 3 nitrogen and oxygen atoms in total. The minimum absolute atomic E-state index is 0.0694. The third-order valence-electron chi connectivity index (χ3n) is 3.95. The molecule has 0 aliphatic carbocycles. The fourth-order valence-corrected chi connectivity index (χ4v) is 2.84. The van der Waals surface area contributed by atoms with Crippen molar-refractivity contribution in [2.75, 3.05) is 13.0 Å². The van der Waals surface area contributed by atoms with Crippen LogP contribution in [0.25, 0.3) is 10.9 Å². The van der Waals surface area contributed by atoms with Crippen molar-refractivity contribution in [2.24, 2.45) is 0 Å². The molecular weight excluding hydrogens is 272 g/mol. The molecule has 1 atom stereocenters. The van der Waals surface area contributed by atoms with Crippen LogP contribution in [0.4, 0.5) is 0 Å². The van der Waals surface area contributed by atoms with Crippen LogP contribution in [-0.4, -0.2) is 18.0 Å². The number of aromatic nitrogens is 1. The third kappa shape index (κ3) is 2.48. The summed E-state index contributed by atoms with van der Waals surface area (Å²) < 4.78 is 38.3. The van der Waals surface area contributed by atoms with Crippen LogP contribution in [0.3, 0.4) is 0 Å². The van der Waals surface area contributed by atoms with E-state index in [1.54, 1.807) is 6.20 Å². The van der Waals surface area contributed by atoms with E-state index < -0.39 is 18.9 Å². The lowest BCUT2D eigenvalue weighted by molar-refractivity contribution is 0.310. The van der Waals surface area contributed by atoms with Gasteiger partial charge >= 0.3 is 0 Å². The fourth-order valence-electron chi connectivity index (χ4n) is 2.84. The van der Waals surface area contributed by atoms with Crippen LogP contribution in [0.1, 0.15) is 28.9 Å². The van der Waals surface area contributed by atoms with E-state index in [2.05, 4.69) is 10.3 Å². The zero-order valence-corrected chi connectivity index (χ0v) is 12.1. The van der Waals surface area contributed by atoms with E-state index in [4.69, 9.17) is 10.2 Å². The van der Waals surface area contributed by atoms with Crippen LogP contribution >= 0.6 is 0 Å². The quantitative estimate of drug-likeness (QED) is 0.768. The largest absolute Gasteiger partial charge is 0.488 e. The van der Waals surface area contributed by atoms with Crippen LogP contribution in [0.2, 0.25) is 0 Å². The predicted molar refractivity (Wildman–Crippen MR) is 89.3 cm³/mol. The van der Waals surface area contributed by atoms with Gasteiger partial charge in [-0.15, -0.1) is 0 Å². The first-order valence-electron chi connectivity index (χ1n) is 9.42. The molecule has 2 aromatic carbocycles. The normalized spacial score (nSPS) is 25.2. The minimum atomic E-state index is -1.83. The van der Waals surface area contributed by atoms with E-state index in [1.807, 2.05) is 48.5 Å². The zero-order chi connectivity index (χ0) is 18.4. The molecule has 0 spiro atoms. The van der Waals surface area contributed by atoms with Gasteiger partial charge in [0.25, 0.3) is 0 Å². The van der Waals surface area contributed by atoms with Crippen molar-refractivity contribution in [3.05, 3.63) is 65.9 Å². The molecule has 2 heterocycles. The first-order chi connectivity index (χ1) is 12.4. The highest BCUT2D eigenvalue weighted by atomic mass is 16.5. The molecule has 112 valence electrons. The smallest absolute Gasteiger partial charge is 0.129 e. The molecule has 0 radical (unpaired) electrons. The summed E-state index contributed by atoms with van der Waals surface area (Å²) in [6.45, 7) is -3.15. The van der Waals surface area contributed by atoms with Gasteiger partial charge in [-0.2, -0.15) is 0 Å². The van der Waals surface area contributed by atoms with Crippen molar-refractivity contribution in [3.8, 4) is 5.75 Å². The Morgan fingerprint density at radius 3 is 2.86 bits per heavy atom. The average molecular weight is 296 g/mol. The fraction of sp³-hybridized carbons (Fsp3) is 0.263. The molecule has 1 aromatic heterocycles. The van der Waals surface area contributed by atoms with Gasteiger partial charge in [-0.3, -0.25) is 0 Å². The molecule has 1 aliphatic heterocycles. The molecule has 3 heteroatoms. The molecule has 0 saturated carbocycles. The lowest BCUT2D eigenvalue weighted by Crippen LogP contribution is -2.07. The Hall–Kier alpha value is -2.26. The number of ether oxygens (including phenoxy) is 1. The second kappa shape index (κ2) is 5.85. The topological polar surface area (TPSA) is 37.0 Å². The van der Waals surface area contributed by atoms with Crippen molar-refractivity contribution in [2.45, 2.75) is 18.9 Å². The van der Waals surface area contributed by atoms with E-state index in [0.29, 0.717) is 12.4 Å². The van der Waals surface area contributed by atoms with Gasteiger partial charge in [0.05, 0.1) is 0 Å². The zero-order valence-electron chi connectivity index (χ0n) is 16.1. The summed E-state index contributed by atoms with van der Waals surface area (Å²) in [5.74, 6) is 0.0681. The van der Waals surface area contributed by atoms with Gasteiger partial charge < -0.3 is 15.0 Å². The molecule has 22 heavy (non-hydrogen) atoms. The Morgan fingerprint density at radius 1 is 1.14 bits per heavy atom. The molecular formula is C19H20N2O. The number of aromatic amines is 1. The summed E-state index contributed by atoms with van der Waals surface area (Å²) >= 11 is 0. The Labute approximate surface area is 135 Å². The van der Waals surface area contributed by atoms with Gasteiger partial charge in [-0.25, -0.2) is 0 Å². The Kier molecular flexibility index (Phi) is 2.58. The molecule has 4 rings (SSSR count). The van der Waals surface area contributed by atoms with Crippen molar-refractivity contribution in [1.29, 1.82) is 0 Å². The van der Waals surface area contributed by atoms with Gasteiger partial charge in [0, 0.05) is 29.1 Å². The van der Waals surface area contributed by atoms with Crippen LogP contribution in [-0.2, 0) is 6.61 Å². The molecule has 1 unspecified atom stereocenters. The van der Waals surface area contributed by atoms with Gasteiger partial charge in [-0.05, 0) is 42.1 Å². The van der Waals surface area contributed by atoms with E-state index in [-0.39, 0.29) is 6.42 Å². The monoisotopic (exact) mass is 296 g/mol. The highest BCUT2D eigenvalue weighted by Gasteiger charge is 2.21. The van der Waals surface area contributed by atoms with Crippen LogP contribution < -0.4 is 10.1 Å². The van der Waals surface area contributed by atoms with Gasteiger partial charge in [0.15, 0.2) is 0 Å². The highest BCUT2D eigenvalue weighted by molar-refractivity contribution is 5.89. The summed E-state index contributed by atoms with van der Waals surface area (Å²) in [5, 5.41) is 3.28. The standard InChI is InChI=1S/C19H20N2O/c1-2-5-14(6-3-1)13-22-18-8-4-7-17-19(18)16(12-21-17)15-9-10-20-11-15/h1-8,12,15,20-21H,9-11,13H2/i10D2,11D2. The molecule has 1 saturated heterocycles. The maximum Gasteiger partial charge on any atom is 0.129 e. The number of benzene rings is 2. The van der Waals surface area contributed by atoms with Crippen LogP contribution in [0.15, 0.2) is 54.7 Å². The number of rotatable bonds is 4. The lowest BCUT2D eigenvalue weighted by atomic mass is 9.97. The first kappa shape index (κ1) is 9.70. The predicted octanol–water partition coefficient (Wildman–Crippen LogP) is 3.82. The maximum atomic E-state index is 8.22. The number of hydrogen-bond acceptors (Lipinski definition) is 2. The molecule has 0 bridgehead atoms. The van der Waals surface area contributed by atoms with Crippen molar-refractivity contribution in [3.63, 3.8) is 0 Å². The van der Waals surface area contributed by atoms with Gasteiger partial charge in [0.1, 0.15) is 12.4 Å². The Bertz CT molecular complexity index is 924. The summed E-state index contributed by atoms with van der Waals surface area (Å²) in [6, 6.07) is 15.5. The molecule has 1 aliphatic rings. The van der Waals surface area contributed by atoms with E-state index in [9.17, 15) is 0 Å². The van der Waals surface area contributed by atoms with Crippen molar-refractivity contribution >= 4 is 10.9 Å². The van der Waals surface area contributed by atoms with Gasteiger partial charge in [0.2, 0.25) is 0 Å². The third-order valence-corrected chi connectivity index (χ3v) is 3.95. The lowest BCUT2D eigenvalue weighted by Gasteiger charge is -2.12. The Morgan fingerprint density at radius 2 is 2.05 bits per heavy atom. The molecule has 2 N–H and O–H groups in total. The summed E-state index contributed by atoms with van der Waals surface area (Å²) in [7, 11) is 0. The van der Waals surface area contributed by atoms with Crippen LogP contribution in [0, 0.1) is 0 Å². The van der Waals surface area contributed by atoms with Crippen molar-refractivity contribution in [1.82, 2.24) is 10.3 Å². The second-order valence-electron chi connectivity index (χ2n) is 5.40. The summed E-state index contributed by atoms with van der Waals surface area (Å²) in [5.41, 5.74) is 2.65. The molecule has 3 aromatic rings.